The Balaban J connectivity index is 2.21. The lowest BCUT2D eigenvalue weighted by Gasteiger charge is -2.13. The van der Waals surface area contributed by atoms with Crippen LogP contribution < -0.4 is 5.32 Å². The number of hydrogen-bond acceptors (Lipinski definition) is 4. The number of aliphatic hydroxyl groups excluding tert-OH is 2. The summed E-state index contributed by atoms with van der Waals surface area (Å²) in [5.74, 6) is -0.318. The van der Waals surface area contributed by atoms with Crippen LogP contribution in [0.2, 0.25) is 0 Å². The van der Waals surface area contributed by atoms with Gasteiger partial charge < -0.3 is 20.3 Å². The fourth-order valence-corrected chi connectivity index (χ4v) is 1.59. The van der Waals surface area contributed by atoms with E-state index in [4.69, 9.17) is 4.74 Å². The number of nitrogens with one attached hydrogen (secondary N) is 1. The topological polar surface area (TPSA) is 61.7 Å². The maximum atomic E-state index is 12.7. The Bertz CT molecular complexity index is 332. The average Bonchev–Trinajstić information content (AvgIpc) is 2.35. The first-order valence-electron chi connectivity index (χ1n) is 5.94. The maximum Gasteiger partial charge on any atom is 0.123 e. The van der Waals surface area contributed by atoms with E-state index < -0.39 is 12.2 Å². The molecule has 0 saturated carbocycles. The zero-order chi connectivity index (χ0) is 13.4. The quantitative estimate of drug-likeness (QED) is 0.604. The molecule has 1 rings (SSSR count). The Kier molecular flexibility index (Phi) is 6.82. The normalized spacial score (nSPS) is 14.4. The summed E-state index contributed by atoms with van der Waals surface area (Å²) in [6.07, 6.45) is -0.611. The molecule has 2 atom stereocenters. The van der Waals surface area contributed by atoms with E-state index in [0.717, 1.165) is 0 Å². The van der Waals surface area contributed by atoms with Gasteiger partial charge in [-0.2, -0.15) is 0 Å². The molecule has 1 aromatic rings. The second-order valence-corrected chi connectivity index (χ2v) is 4.17. The van der Waals surface area contributed by atoms with Crippen molar-refractivity contribution in [3.8, 4) is 0 Å². The smallest absolute Gasteiger partial charge is 0.123 e. The molecule has 0 radical (unpaired) electrons. The van der Waals surface area contributed by atoms with Gasteiger partial charge in [0, 0.05) is 13.7 Å². The van der Waals surface area contributed by atoms with E-state index in [1.54, 1.807) is 12.1 Å². The summed E-state index contributed by atoms with van der Waals surface area (Å²) in [4.78, 5) is 0. The third-order valence-electron chi connectivity index (χ3n) is 2.61. The van der Waals surface area contributed by atoms with Crippen LogP contribution in [0, 0.1) is 5.82 Å². The number of methoxy groups -OCH3 is 1. The molecule has 4 nitrogen and oxygen atoms in total. The van der Waals surface area contributed by atoms with Crippen LogP contribution in [0.5, 0.6) is 0 Å². The van der Waals surface area contributed by atoms with Gasteiger partial charge in [-0.1, -0.05) is 12.1 Å². The molecule has 0 spiro atoms. The van der Waals surface area contributed by atoms with Crippen molar-refractivity contribution in [1.29, 1.82) is 0 Å². The van der Waals surface area contributed by atoms with E-state index in [-0.39, 0.29) is 5.82 Å². The summed E-state index contributed by atoms with van der Waals surface area (Å²) in [5, 5.41) is 22.2. The highest BCUT2D eigenvalue weighted by Gasteiger charge is 2.08. The predicted molar refractivity (Wildman–Crippen MR) is 66.7 cm³/mol. The minimum atomic E-state index is -0.676. The molecule has 0 aliphatic rings. The summed E-state index contributed by atoms with van der Waals surface area (Å²) >= 11 is 0. The van der Waals surface area contributed by atoms with E-state index in [2.05, 4.69) is 5.32 Å². The van der Waals surface area contributed by atoms with Gasteiger partial charge in [0.15, 0.2) is 0 Å². The van der Waals surface area contributed by atoms with Crippen LogP contribution in [-0.4, -0.2) is 43.1 Å². The molecule has 18 heavy (non-hydrogen) atoms. The SMILES string of the molecule is COCC(O)CCNCC(O)c1ccc(F)cc1. The van der Waals surface area contributed by atoms with E-state index in [1.165, 1.54) is 19.2 Å². The Morgan fingerprint density at radius 3 is 2.56 bits per heavy atom. The molecule has 0 heterocycles. The molecular formula is C13H20FNO3. The van der Waals surface area contributed by atoms with Crippen LogP contribution in [0.1, 0.15) is 18.1 Å². The second-order valence-electron chi connectivity index (χ2n) is 4.17. The second kappa shape index (κ2) is 8.16. The average molecular weight is 257 g/mol. The highest BCUT2D eigenvalue weighted by molar-refractivity contribution is 5.18. The zero-order valence-corrected chi connectivity index (χ0v) is 10.5. The summed E-state index contributed by atoms with van der Waals surface area (Å²) < 4.78 is 17.5. The van der Waals surface area contributed by atoms with Crippen molar-refractivity contribution in [1.82, 2.24) is 5.32 Å². The summed E-state index contributed by atoms with van der Waals surface area (Å²) in [7, 11) is 1.54. The van der Waals surface area contributed by atoms with Crippen molar-refractivity contribution in [3.63, 3.8) is 0 Å². The third kappa shape index (κ3) is 5.55. The highest BCUT2D eigenvalue weighted by Crippen LogP contribution is 2.12. The van der Waals surface area contributed by atoms with Gasteiger partial charge in [0.2, 0.25) is 0 Å². The first-order chi connectivity index (χ1) is 8.63. The van der Waals surface area contributed by atoms with Gasteiger partial charge in [0.05, 0.1) is 18.8 Å². The van der Waals surface area contributed by atoms with Crippen LogP contribution in [0.3, 0.4) is 0 Å². The van der Waals surface area contributed by atoms with Gasteiger partial charge in [0.25, 0.3) is 0 Å². The minimum Gasteiger partial charge on any atom is -0.391 e. The largest absolute Gasteiger partial charge is 0.391 e. The molecule has 0 saturated heterocycles. The Morgan fingerprint density at radius 1 is 1.28 bits per heavy atom. The molecule has 0 amide bonds. The molecule has 0 fully saturated rings. The van der Waals surface area contributed by atoms with Crippen molar-refractivity contribution in [3.05, 3.63) is 35.6 Å². The van der Waals surface area contributed by atoms with Gasteiger partial charge >= 0.3 is 0 Å². The van der Waals surface area contributed by atoms with E-state index in [1.807, 2.05) is 0 Å². The molecule has 102 valence electrons. The standard InChI is InChI=1S/C13H20FNO3/c1-18-9-12(16)6-7-15-8-13(17)10-2-4-11(14)5-3-10/h2-5,12-13,15-17H,6-9H2,1H3. The van der Waals surface area contributed by atoms with E-state index in [9.17, 15) is 14.6 Å². The van der Waals surface area contributed by atoms with Crippen LogP contribution in [-0.2, 0) is 4.74 Å². The van der Waals surface area contributed by atoms with Crippen LogP contribution in [0.25, 0.3) is 0 Å². The number of aliphatic hydroxyl groups is 2. The molecule has 0 bridgehead atoms. The molecular weight excluding hydrogens is 237 g/mol. The highest BCUT2D eigenvalue weighted by atomic mass is 19.1. The van der Waals surface area contributed by atoms with Gasteiger partial charge in [-0.15, -0.1) is 0 Å². The fourth-order valence-electron chi connectivity index (χ4n) is 1.59. The first kappa shape index (κ1) is 15.0. The number of rotatable bonds is 8. The lowest BCUT2D eigenvalue weighted by atomic mass is 10.1. The lowest BCUT2D eigenvalue weighted by Crippen LogP contribution is -2.26. The Labute approximate surface area is 106 Å². The number of hydrogen-bond donors (Lipinski definition) is 3. The van der Waals surface area contributed by atoms with Crippen molar-refractivity contribution in [2.75, 3.05) is 26.8 Å². The fraction of sp³-hybridized carbons (Fsp3) is 0.538. The predicted octanol–water partition coefficient (Wildman–Crippen LogP) is 0.846. The number of benzene rings is 1. The minimum absolute atomic E-state index is 0.308. The zero-order valence-electron chi connectivity index (χ0n) is 10.5. The van der Waals surface area contributed by atoms with Crippen molar-refractivity contribution in [2.24, 2.45) is 0 Å². The number of ether oxygens (including phenoxy) is 1. The van der Waals surface area contributed by atoms with Gasteiger partial charge in [-0.3, -0.25) is 0 Å². The number of halogens is 1. The third-order valence-corrected chi connectivity index (χ3v) is 2.61. The molecule has 0 aliphatic carbocycles. The van der Waals surface area contributed by atoms with E-state index in [0.29, 0.717) is 31.7 Å². The Morgan fingerprint density at radius 2 is 1.94 bits per heavy atom. The van der Waals surface area contributed by atoms with Crippen molar-refractivity contribution < 1.29 is 19.3 Å². The molecule has 5 heteroatoms. The van der Waals surface area contributed by atoms with Crippen LogP contribution in [0.4, 0.5) is 4.39 Å². The van der Waals surface area contributed by atoms with Crippen molar-refractivity contribution in [2.45, 2.75) is 18.6 Å². The molecule has 0 aliphatic heterocycles. The molecule has 0 aromatic heterocycles. The van der Waals surface area contributed by atoms with Gasteiger partial charge in [0.1, 0.15) is 5.82 Å². The summed E-state index contributed by atoms with van der Waals surface area (Å²) in [5.41, 5.74) is 0.668. The van der Waals surface area contributed by atoms with Crippen molar-refractivity contribution >= 4 is 0 Å². The van der Waals surface area contributed by atoms with Crippen LogP contribution in [0.15, 0.2) is 24.3 Å². The summed E-state index contributed by atoms with van der Waals surface area (Å²) in [6.45, 7) is 1.26. The lowest BCUT2D eigenvalue weighted by molar-refractivity contribution is 0.0586. The maximum absolute atomic E-state index is 12.7. The first-order valence-corrected chi connectivity index (χ1v) is 5.94. The molecule has 2 unspecified atom stereocenters. The van der Waals surface area contributed by atoms with Crippen LogP contribution >= 0.6 is 0 Å². The van der Waals surface area contributed by atoms with E-state index >= 15 is 0 Å². The van der Waals surface area contributed by atoms with Gasteiger partial charge in [-0.25, -0.2) is 4.39 Å². The van der Waals surface area contributed by atoms with Gasteiger partial charge in [-0.05, 0) is 30.7 Å². The summed E-state index contributed by atoms with van der Waals surface area (Å²) in [6, 6.07) is 5.75. The molecule has 3 N–H and O–H groups in total. The monoisotopic (exact) mass is 257 g/mol. The Hall–Kier alpha value is -1.01. The molecule has 1 aromatic carbocycles.